The average molecular weight is 379 g/mol. The van der Waals surface area contributed by atoms with Crippen LogP contribution in [0.2, 0.25) is 0 Å². The first-order valence-corrected chi connectivity index (χ1v) is 9.78. The maximum atomic E-state index is 12.3. The Bertz CT molecular complexity index is 863. The Balaban J connectivity index is 1.66. The van der Waals surface area contributed by atoms with Crippen molar-refractivity contribution in [3.05, 3.63) is 53.5 Å². The van der Waals surface area contributed by atoms with E-state index in [0.29, 0.717) is 31.7 Å². The average Bonchev–Trinajstić information content (AvgIpc) is 3.09. The van der Waals surface area contributed by atoms with Crippen LogP contribution >= 0.6 is 0 Å². The van der Waals surface area contributed by atoms with Crippen LogP contribution in [0.1, 0.15) is 35.6 Å². The van der Waals surface area contributed by atoms with Gasteiger partial charge in [-0.15, -0.1) is 0 Å². The minimum Gasteiger partial charge on any atom is -0.467 e. The number of rotatable bonds is 5. The van der Waals surface area contributed by atoms with E-state index < -0.39 is 16.2 Å². The Morgan fingerprint density at radius 1 is 1.23 bits per heavy atom. The first-order valence-electron chi connectivity index (χ1n) is 8.37. The predicted octanol–water partition coefficient (Wildman–Crippen LogP) is 3.35. The van der Waals surface area contributed by atoms with Crippen LogP contribution in [0, 0.1) is 6.92 Å². The highest BCUT2D eigenvalue weighted by Gasteiger charge is 2.27. The van der Waals surface area contributed by atoms with Gasteiger partial charge in [-0.2, -0.15) is 8.42 Å². The molecule has 1 fully saturated rings. The van der Waals surface area contributed by atoms with Gasteiger partial charge in [0.2, 0.25) is 0 Å². The minimum atomic E-state index is -3.87. The molecule has 3 rings (SSSR count). The number of hydrogen-bond donors (Lipinski definition) is 1. The fraction of sp³-hybridized carbons (Fsp3) is 0.389. The van der Waals surface area contributed by atoms with Gasteiger partial charge in [0.25, 0.3) is 10.1 Å². The highest BCUT2D eigenvalue weighted by molar-refractivity contribution is 7.86. The second-order valence-electron chi connectivity index (χ2n) is 6.37. The number of benzene rings is 1. The summed E-state index contributed by atoms with van der Waals surface area (Å²) in [7, 11) is -3.87. The summed E-state index contributed by atoms with van der Waals surface area (Å²) in [5, 5.41) is 9.03. The fourth-order valence-corrected chi connectivity index (χ4v) is 3.99. The molecule has 8 heteroatoms. The summed E-state index contributed by atoms with van der Waals surface area (Å²) in [6.45, 7) is 2.60. The number of nitrogens with zero attached hydrogens (tertiary/aromatic N) is 1. The van der Waals surface area contributed by atoms with Crippen LogP contribution in [0.15, 0.2) is 45.9 Å². The van der Waals surface area contributed by atoms with Crippen molar-refractivity contribution >= 4 is 16.2 Å². The van der Waals surface area contributed by atoms with E-state index in [1.165, 1.54) is 23.3 Å². The van der Waals surface area contributed by atoms with Crippen molar-refractivity contribution < 1.29 is 26.9 Å². The Hall–Kier alpha value is -2.32. The van der Waals surface area contributed by atoms with Crippen LogP contribution in [-0.4, -0.2) is 37.6 Å². The number of carbonyl (C=O) groups is 1. The number of carboxylic acid groups (broad SMARTS) is 1. The lowest BCUT2D eigenvalue weighted by Crippen LogP contribution is -2.36. The lowest BCUT2D eigenvalue weighted by molar-refractivity contribution is 0.131. The van der Waals surface area contributed by atoms with E-state index in [1.807, 2.05) is 6.92 Å². The third kappa shape index (κ3) is 4.08. The topological polar surface area (TPSA) is 97.1 Å². The molecule has 26 heavy (non-hydrogen) atoms. The van der Waals surface area contributed by atoms with Gasteiger partial charge >= 0.3 is 6.09 Å². The summed E-state index contributed by atoms with van der Waals surface area (Å²) < 4.78 is 35.2. The van der Waals surface area contributed by atoms with E-state index in [9.17, 15) is 13.2 Å². The molecule has 1 amide bonds. The molecule has 140 valence electrons. The van der Waals surface area contributed by atoms with Crippen LogP contribution in [0.25, 0.3) is 0 Å². The normalized spacial score (nSPS) is 16.0. The van der Waals surface area contributed by atoms with Gasteiger partial charge in [0.1, 0.15) is 12.4 Å². The molecule has 2 aromatic rings. The Kier molecular flexibility index (Phi) is 5.33. The quantitative estimate of drug-likeness (QED) is 0.800. The summed E-state index contributed by atoms with van der Waals surface area (Å²) in [4.78, 5) is 12.5. The van der Waals surface area contributed by atoms with Gasteiger partial charge in [0.05, 0.1) is 11.2 Å². The summed E-state index contributed by atoms with van der Waals surface area (Å²) >= 11 is 0. The minimum absolute atomic E-state index is 0.103. The number of likely N-dealkylation sites (tertiary alicyclic amines) is 1. The molecule has 1 aromatic carbocycles. The zero-order valence-electron chi connectivity index (χ0n) is 14.4. The molecule has 0 aliphatic carbocycles. The zero-order valence-corrected chi connectivity index (χ0v) is 15.2. The first kappa shape index (κ1) is 18.5. The smallest absolute Gasteiger partial charge is 0.407 e. The van der Waals surface area contributed by atoms with Crippen molar-refractivity contribution in [2.45, 2.75) is 37.2 Å². The lowest BCUT2D eigenvalue weighted by Gasteiger charge is -2.29. The molecule has 2 heterocycles. The number of piperidine rings is 1. The van der Waals surface area contributed by atoms with Gasteiger partial charge in [-0.3, -0.25) is 4.18 Å². The zero-order chi connectivity index (χ0) is 18.7. The van der Waals surface area contributed by atoms with Crippen molar-refractivity contribution in [2.24, 2.45) is 0 Å². The largest absolute Gasteiger partial charge is 0.467 e. The van der Waals surface area contributed by atoms with E-state index in [-0.39, 0.29) is 17.4 Å². The Labute approximate surface area is 152 Å². The van der Waals surface area contributed by atoms with Crippen LogP contribution in [0.5, 0.6) is 0 Å². The summed E-state index contributed by atoms with van der Waals surface area (Å²) in [6.07, 6.45) is 1.94. The maximum Gasteiger partial charge on any atom is 0.407 e. The molecule has 0 unspecified atom stereocenters. The number of hydrogen-bond acceptors (Lipinski definition) is 5. The maximum absolute atomic E-state index is 12.3. The van der Waals surface area contributed by atoms with Gasteiger partial charge in [0, 0.05) is 13.1 Å². The molecule has 0 atom stereocenters. The van der Waals surface area contributed by atoms with Gasteiger partial charge in [-0.1, -0.05) is 17.7 Å². The third-order valence-corrected chi connectivity index (χ3v) is 5.92. The number of aryl methyl sites for hydroxylation is 1. The van der Waals surface area contributed by atoms with Crippen molar-refractivity contribution in [1.29, 1.82) is 0 Å². The van der Waals surface area contributed by atoms with Crippen LogP contribution in [0.3, 0.4) is 0 Å². The van der Waals surface area contributed by atoms with Crippen molar-refractivity contribution in [1.82, 2.24) is 4.90 Å². The monoisotopic (exact) mass is 379 g/mol. The molecular formula is C18H21NO6S. The summed E-state index contributed by atoms with van der Waals surface area (Å²) in [5.74, 6) is 0.597. The van der Waals surface area contributed by atoms with Gasteiger partial charge in [-0.05, 0) is 49.4 Å². The molecule has 1 saturated heterocycles. The Morgan fingerprint density at radius 3 is 2.50 bits per heavy atom. The molecule has 7 nitrogen and oxygen atoms in total. The molecular weight excluding hydrogens is 358 g/mol. The standard InChI is InChI=1S/C18H21NO6S/c1-13-2-4-15(5-3-13)26(22,23)25-12-17-16(8-11-24-17)14-6-9-19(10-7-14)18(20)21/h2-5,8,11,14H,6-7,9-10,12H2,1H3,(H,20,21). The van der Waals surface area contributed by atoms with Gasteiger partial charge in [0.15, 0.2) is 0 Å². The molecule has 0 bridgehead atoms. The van der Waals surface area contributed by atoms with Crippen molar-refractivity contribution in [3.8, 4) is 0 Å². The molecule has 0 radical (unpaired) electrons. The number of furan rings is 1. The predicted molar refractivity (Wildman–Crippen MR) is 93.4 cm³/mol. The van der Waals surface area contributed by atoms with E-state index in [2.05, 4.69) is 0 Å². The van der Waals surface area contributed by atoms with E-state index in [1.54, 1.807) is 18.2 Å². The Morgan fingerprint density at radius 2 is 1.88 bits per heavy atom. The van der Waals surface area contributed by atoms with Crippen LogP contribution in [0.4, 0.5) is 4.79 Å². The molecule has 0 saturated carbocycles. The molecule has 0 spiro atoms. The van der Waals surface area contributed by atoms with Gasteiger partial charge in [-0.25, -0.2) is 4.79 Å². The van der Waals surface area contributed by atoms with Crippen LogP contribution < -0.4 is 0 Å². The van der Waals surface area contributed by atoms with Crippen LogP contribution in [-0.2, 0) is 20.9 Å². The molecule has 1 N–H and O–H groups in total. The SMILES string of the molecule is Cc1ccc(S(=O)(=O)OCc2occc2C2CCN(C(=O)O)CC2)cc1. The van der Waals surface area contributed by atoms with Gasteiger partial charge < -0.3 is 14.4 Å². The second-order valence-corrected chi connectivity index (χ2v) is 7.99. The second kappa shape index (κ2) is 7.51. The fourth-order valence-electron chi connectivity index (χ4n) is 3.12. The highest BCUT2D eigenvalue weighted by Crippen LogP contribution is 2.32. The summed E-state index contributed by atoms with van der Waals surface area (Å²) in [6, 6.07) is 8.25. The molecule has 1 aromatic heterocycles. The summed E-state index contributed by atoms with van der Waals surface area (Å²) in [5.41, 5.74) is 1.85. The molecule has 1 aliphatic rings. The van der Waals surface area contributed by atoms with E-state index >= 15 is 0 Å². The van der Waals surface area contributed by atoms with Crippen molar-refractivity contribution in [3.63, 3.8) is 0 Å². The van der Waals surface area contributed by atoms with E-state index in [4.69, 9.17) is 13.7 Å². The van der Waals surface area contributed by atoms with Crippen molar-refractivity contribution in [2.75, 3.05) is 13.1 Å². The lowest BCUT2D eigenvalue weighted by atomic mass is 9.90. The highest BCUT2D eigenvalue weighted by atomic mass is 32.2. The first-order chi connectivity index (χ1) is 12.4. The number of amides is 1. The van der Waals surface area contributed by atoms with E-state index in [0.717, 1.165) is 11.1 Å². The molecule has 1 aliphatic heterocycles. The third-order valence-electron chi connectivity index (χ3n) is 4.64.